The van der Waals surface area contributed by atoms with Gasteiger partial charge in [-0.05, 0) is 88.7 Å². The molecular weight excluding hydrogens is 583 g/mol. The molecule has 0 atom stereocenters. The van der Waals surface area contributed by atoms with Crippen molar-refractivity contribution in [3.05, 3.63) is 91.0 Å². The lowest BCUT2D eigenvalue weighted by Crippen LogP contribution is -2.14. The van der Waals surface area contributed by atoms with Gasteiger partial charge in [-0.2, -0.15) is 5.26 Å². The number of nitriles is 1. The first-order valence-corrected chi connectivity index (χ1v) is 11.7. The highest BCUT2D eigenvalue weighted by molar-refractivity contribution is 14.1. The lowest BCUT2D eigenvalue weighted by Gasteiger charge is -2.14. The summed E-state index contributed by atoms with van der Waals surface area (Å²) in [5.41, 5.74) is 2.82. The standard InChI is InChI=1S/C26H20ClIN2O5/c1-15-3-8-20(27)12-22(15)30-25(31)19(13-29)9-17-10-21(28)24(23(11-17)34-2)35-14-16-4-6-18(7-5-16)26(32)33/h3-12H,14H2,1-2H3,(H,30,31)(H,32,33)/b19-9+. The Labute approximate surface area is 221 Å². The van der Waals surface area contributed by atoms with Crippen LogP contribution in [0.4, 0.5) is 5.69 Å². The van der Waals surface area contributed by atoms with E-state index in [1.807, 2.05) is 13.0 Å². The number of aryl methyl sites for hydroxylation is 1. The smallest absolute Gasteiger partial charge is 0.335 e. The summed E-state index contributed by atoms with van der Waals surface area (Å²) in [7, 11) is 1.49. The van der Waals surface area contributed by atoms with Gasteiger partial charge in [0.15, 0.2) is 11.5 Å². The highest BCUT2D eigenvalue weighted by atomic mass is 127. The summed E-state index contributed by atoms with van der Waals surface area (Å²) >= 11 is 8.10. The number of nitrogens with zero attached hydrogens (tertiary/aromatic N) is 1. The monoisotopic (exact) mass is 602 g/mol. The lowest BCUT2D eigenvalue weighted by molar-refractivity contribution is -0.112. The number of amides is 1. The second kappa shape index (κ2) is 11.7. The summed E-state index contributed by atoms with van der Waals surface area (Å²) in [5, 5.41) is 21.8. The summed E-state index contributed by atoms with van der Waals surface area (Å²) in [6.45, 7) is 2.03. The van der Waals surface area contributed by atoms with Crippen molar-refractivity contribution in [2.75, 3.05) is 12.4 Å². The average Bonchev–Trinajstić information content (AvgIpc) is 2.83. The number of ether oxygens (including phenoxy) is 2. The number of carbonyl (C=O) groups is 2. The van der Waals surface area contributed by atoms with Crippen LogP contribution in [0, 0.1) is 21.8 Å². The Hall–Kier alpha value is -3.55. The molecule has 9 heteroatoms. The third-order valence-corrected chi connectivity index (χ3v) is 6.00. The molecule has 2 N–H and O–H groups in total. The number of halogens is 2. The summed E-state index contributed by atoms with van der Waals surface area (Å²) in [6, 6.07) is 16.9. The number of rotatable bonds is 8. The number of carboxylic acids is 1. The molecule has 0 radical (unpaired) electrons. The van der Waals surface area contributed by atoms with Crippen molar-refractivity contribution in [3.8, 4) is 17.6 Å². The lowest BCUT2D eigenvalue weighted by atomic mass is 10.1. The molecular formula is C26H20ClIN2O5. The molecule has 0 saturated carbocycles. The molecule has 178 valence electrons. The maximum Gasteiger partial charge on any atom is 0.335 e. The number of carbonyl (C=O) groups excluding carboxylic acids is 1. The minimum Gasteiger partial charge on any atom is -0.493 e. The molecule has 0 aromatic heterocycles. The van der Waals surface area contributed by atoms with E-state index in [2.05, 4.69) is 27.9 Å². The maximum absolute atomic E-state index is 12.7. The average molecular weight is 603 g/mol. The van der Waals surface area contributed by atoms with Crippen LogP contribution < -0.4 is 14.8 Å². The number of anilines is 1. The topological polar surface area (TPSA) is 109 Å². The first kappa shape index (κ1) is 26.1. The molecule has 0 heterocycles. The maximum atomic E-state index is 12.7. The number of aromatic carboxylic acids is 1. The summed E-state index contributed by atoms with van der Waals surface area (Å²) < 4.78 is 12.1. The van der Waals surface area contributed by atoms with Crippen LogP contribution >= 0.6 is 34.2 Å². The van der Waals surface area contributed by atoms with Crippen LogP contribution in [0.1, 0.15) is 27.0 Å². The molecule has 1 amide bonds. The molecule has 3 aromatic rings. The fraction of sp³-hybridized carbons (Fsp3) is 0.115. The first-order chi connectivity index (χ1) is 16.7. The molecule has 35 heavy (non-hydrogen) atoms. The van der Waals surface area contributed by atoms with Crippen LogP contribution in [-0.4, -0.2) is 24.1 Å². The summed E-state index contributed by atoms with van der Waals surface area (Å²) in [6.07, 6.45) is 1.47. The molecule has 7 nitrogen and oxygen atoms in total. The Morgan fingerprint density at radius 1 is 1.17 bits per heavy atom. The molecule has 0 saturated heterocycles. The van der Waals surface area contributed by atoms with Crippen LogP contribution in [0.5, 0.6) is 11.5 Å². The second-order valence-corrected chi connectivity index (χ2v) is 9.01. The normalized spacial score (nSPS) is 10.9. The zero-order valence-electron chi connectivity index (χ0n) is 18.8. The quantitative estimate of drug-likeness (QED) is 0.184. The second-order valence-electron chi connectivity index (χ2n) is 7.41. The molecule has 0 spiro atoms. The van der Waals surface area contributed by atoms with Crippen LogP contribution in [-0.2, 0) is 11.4 Å². The number of carboxylic acid groups (broad SMARTS) is 1. The molecule has 3 rings (SSSR count). The van der Waals surface area contributed by atoms with Gasteiger partial charge in [0.25, 0.3) is 5.91 Å². The van der Waals surface area contributed by atoms with Crippen molar-refractivity contribution in [3.63, 3.8) is 0 Å². The number of nitrogens with one attached hydrogen (secondary N) is 1. The van der Waals surface area contributed by atoms with E-state index in [1.165, 1.54) is 25.3 Å². The Morgan fingerprint density at radius 2 is 1.89 bits per heavy atom. The molecule has 0 bridgehead atoms. The van der Waals surface area contributed by atoms with Gasteiger partial charge in [-0.25, -0.2) is 4.79 Å². The van der Waals surface area contributed by atoms with Gasteiger partial charge in [-0.1, -0.05) is 29.8 Å². The summed E-state index contributed by atoms with van der Waals surface area (Å²) in [5.74, 6) is -0.638. The van der Waals surface area contributed by atoms with E-state index < -0.39 is 11.9 Å². The van der Waals surface area contributed by atoms with Crippen molar-refractivity contribution in [1.29, 1.82) is 5.26 Å². The van der Waals surface area contributed by atoms with Gasteiger partial charge < -0.3 is 19.9 Å². The molecule has 0 unspecified atom stereocenters. The van der Waals surface area contributed by atoms with Crippen molar-refractivity contribution in [1.82, 2.24) is 0 Å². The van der Waals surface area contributed by atoms with Gasteiger partial charge in [0.1, 0.15) is 18.2 Å². The van der Waals surface area contributed by atoms with Crippen molar-refractivity contribution in [2.24, 2.45) is 0 Å². The molecule has 0 aliphatic heterocycles. The predicted molar refractivity (Wildman–Crippen MR) is 142 cm³/mol. The van der Waals surface area contributed by atoms with Crippen LogP contribution in [0.15, 0.2) is 60.2 Å². The Kier molecular flexibility index (Phi) is 8.73. The fourth-order valence-electron chi connectivity index (χ4n) is 3.10. The van der Waals surface area contributed by atoms with E-state index >= 15 is 0 Å². The molecule has 0 fully saturated rings. The number of hydrogen-bond donors (Lipinski definition) is 2. The van der Waals surface area contributed by atoms with Gasteiger partial charge in [0.05, 0.1) is 16.2 Å². The summed E-state index contributed by atoms with van der Waals surface area (Å²) in [4.78, 5) is 23.7. The molecule has 3 aromatic carbocycles. The van der Waals surface area contributed by atoms with Gasteiger partial charge in [0, 0.05) is 10.7 Å². The van der Waals surface area contributed by atoms with E-state index in [0.717, 1.165) is 11.1 Å². The van der Waals surface area contributed by atoms with Crippen molar-refractivity contribution < 1.29 is 24.2 Å². The highest BCUT2D eigenvalue weighted by Gasteiger charge is 2.15. The van der Waals surface area contributed by atoms with E-state index in [0.29, 0.717) is 31.3 Å². The zero-order valence-corrected chi connectivity index (χ0v) is 21.7. The van der Waals surface area contributed by atoms with Gasteiger partial charge in [-0.3, -0.25) is 4.79 Å². The van der Waals surface area contributed by atoms with Crippen LogP contribution in [0.25, 0.3) is 6.08 Å². The minimum absolute atomic E-state index is 0.0885. The molecule has 0 aliphatic carbocycles. The zero-order chi connectivity index (χ0) is 25.5. The number of methoxy groups -OCH3 is 1. The minimum atomic E-state index is -0.995. The SMILES string of the molecule is COc1cc(/C=C(\C#N)C(=O)Nc2cc(Cl)ccc2C)cc(I)c1OCc1ccc(C(=O)O)cc1. The third-order valence-electron chi connectivity index (χ3n) is 4.96. The first-order valence-electron chi connectivity index (χ1n) is 10.2. The van der Waals surface area contributed by atoms with E-state index in [4.69, 9.17) is 26.2 Å². The third kappa shape index (κ3) is 6.74. The van der Waals surface area contributed by atoms with E-state index in [1.54, 1.807) is 42.5 Å². The largest absolute Gasteiger partial charge is 0.493 e. The van der Waals surface area contributed by atoms with Crippen LogP contribution in [0.3, 0.4) is 0 Å². The number of benzene rings is 3. The van der Waals surface area contributed by atoms with E-state index in [9.17, 15) is 14.9 Å². The van der Waals surface area contributed by atoms with Crippen molar-refractivity contribution in [2.45, 2.75) is 13.5 Å². The van der Waals surface area contributed by atoms with Crippen molar-refractivity contribution >= 4 is 57.8 Å². The predicted octanol–water partition coefficient (Wildman–Crippen LogP) is 6.08. The fourth-order valence-corrected chi connectivity index (χ4v) is 4.05. The van der Waals surface area contributed by atoms with Gasteiger partial charge in [-0.15, -0.1) is 0 Å². The Morgan fingerprint density at radius 3 is 2.51 bits per heavy atom. The van der Waals surface area contributed by atoms with Crippen LogP contribution in [0.2, 0.25) is 5.02 Å². The highest BCUT2D eigenvalue weighted by Crippen LogP contribution is 2.35. The van der Waals surface area contributed by atoms with Gasteiger partial charge >= 0.3 is 5.97 Å². The number of hydrogen-bond acceptors (Lipinski definition) is 5. The Bertz CT molecular complexity index is 1350. The van der Waals surface area contributed by atoms with E-state index in [-0.39, 0.29) is 17.7 Å². The van der Waals surface area contributed by atoms with Gasteiger partial charge in [0.2, 0.25) is 0 Å². The molecule has 0 aliphatic rings. The Balaban J connectivity index is 1.81.